The van der Waals surface area contributed by atoms with Crippen molar-refractivity contribution < 1.29 is 9.53 Å². The lowest BCUT2D eigenvalue weighted by molar-refractivity contribution is 0.0911. The molecule has 6 heteroatoms. The zero-order valence-corrected chi connectivity index (χ0v) is 10.7. The second kappa shape index (κ2) is 5.16. The number of ether oxygens (including phenoxy) is 1. The quantitative estimate of drug-likeness (QED) is 0.842. The second-order valence-corrected chi connectivity index (χ2v) is 4.58. The van der Waals surface area contributed by atoms with Crippen molar-refractivity contribution >= 4 is 11.7 Å². The molecule has 1 aromatic carbocycles. The summed E-state index contributed by atoms with van der Waals surface area (Å²) in [5.41, 5.74) is 6.86. The number of rotatable bonds is 2. The standard InChI is InChI=1S/C14H14N4O2/c15-13-12(16-5-6-17-13)14(19)18-10-7-9-3-1-2-4-11(9)20-8-10/h1-6,10H,7-8H2,(H2,15,17)(H,18,19). The van der Waals surface area contributed by atoms with Gasteiger partial charge in [0, 0.05) is 12.4 Å². The van der Waals surface area contributed by atoms with E-state index in [1.165, 1.54) is 12.4 Å². The molecule has 6 nitrogen and oxygen atoms in total. The number of carbonyl (C=O) groups is 1. The molecule has 2 aromatic rings. The van der Waals surface area contributed by atoms with Crippen molar-refractivity contribution in [2.24, 2.45) is 0 Å². The zero-order chi connectivity index (χ0) is 13.9. The third-order valence-electron chi connectivity index (χ3n) is 3.16. The Bertz CT molecular complexity index is 645. The number of benzene rings is 1. The third kappa shape index (κ3) is 2.40. The molecule has 1 atom stereocenters. The normalized spacial score (nSPS) is 16.9. The van der Waals surface area contributed by atoms with Crippen LogP contribution < -0.4 is 15.8 Å². The summed E-state index contributed by atoms with van der Waals surface area (Å²) in [6, 6.07) is 7.70. The van der Waals surface area contributed by atoms with Gasteiger partial charge in [0.25, 0.3) is 5.91 Å². The van der Waals surface area contributed by atoms with Crippen LogP contribution in [0.25, 0.3) is 0 Å². The van der Waals surface area contributed by atoms with Crippen LogP contribution in [0.4, 0.5) is 5.82 Å². The van der Waals surface area contributed by atoms with Crippen LogP contribution in [-0.2, 0) is 6.42 Å². The Hall–Kier alpha value is -2.63. The van der Waals surface area contributed by atoms with E-state index in [9.17, 15) is 4.79 Å². The van der Waals surface area contributed by atoms with Gasteiger partial charge >= 0.3 is 0 Å². The van der Waals surface area contributed by atoms with Crippen LogP contribution in [0.5, 0.6) is 5.75 Å². The predicted molar refractivity (Wildman–Crippen MR) is 73.3 cm³/mol. The molecule has 102 valence electrons. The van der Waals surface area contributed by atoms with Crippen molar-refractivity contribution in [3.8, 4) is 5.75 Å². The molecule has 1 aliphatic heterocycles. The minimum atomic E-state index is -0.330. The van der Waals surface area contributed by atoms with Gasteiger partial charge in [-0.2, -0.15) is 0 Å². The predicted octanol–water partition coefficient (Wildman–Crippen LogP) is 0.792. The Morgan fingerprint density at radius 1 is 1.30 bits per heavy atom. The average molecular weight is 270 g/mol. The number of hydrogen-bond acceptors (Lipinski definition) is 5. The molecule has 20 heavy (non-hydrogen) atoms. The third-order valence-corrected chi connectivity index (χ3v) is 3.16. The van der Waals surface area contributed by atoms with Gasteiger partial charge < -0.3 is 15.8 Å². The average Bonchev–Trinajstić information content (AvgIpc) is 2.47. The number of aromatic nitrogens is 2. The van der Waals surface area contributed by atoms with Gasteiger partial charge in [-0.25, -0.2) is 9.97 Å². The van der Waals surface area contributed by atoms with Crippen LogP contribution in [-0.4, -0.2) is 28.5 Å². The number of nitrogens with one attached hydrogen (secondary N) is 1. The number of fused-ring (bicyclic) bond motifs is 1. The van der Waals surface area contributed by atoms with E-state index in [0.717, 1.165) is 17.7 Å². The summed E-state index contributed by atoms with van der Waals surface area (Å²) in [5.74, 6) is 0.669. The van der Waals surface area contributed by atoms with Crippen molar-refractivity contribution in [1.82, 2.24) is 15.3 Å². The lowest BCUT2D eigenvalue weighted by atomic mass is 10.0. The summed E-state index contributed by atoms with van der Waals surface area (Å²) in [6.07, 6.45) is 3.62. The molecule has 0 bridgehead atoms. The maximum Gasteiger partial charge on any atom is 0.274 e. The Kier molecular flexibility index (Phi) is 3.20. The molecule has 0 spiro atoms. The van der Waals surface area contributed by atoms with Gasteiger partial charge in [-0.15, -0.1) is 0 Å². The number of para-hydroxylation sites is 1. The molecule has 1 aliphatic rings. The summed E-state index contributed by atoms with van der Waals surface area (Å²) in [7, 11) is 0. The molecule has 2 heterocycles. The van der Waals surface area contributed by atoms with Crippen molar-refractivity contribution in [2.75, 3.05) is 12.3 Å². The molecule has 0 aliphatic carbocycles. The largest absolute Gasteiger partial charge is 0.491 e. The Labute approximate surface area is 116 Å². The smallest absolute Gasteiger partial charge is 0.274 e. The summed E-state index contributed by atoms with van der Waals surface area (Å²) >= 11 is 0. The molecule has 0 radical (unpaired) electrons. The number of nitrogens with zero attached hydrogens (tertiary/aromatic N) is 2. The molecule has 1 amide bonds. The van der Waals surface area contributed by atoms with E-state index in [1.807, 2.05) is 24.3 Å². The van der Waals surface area contributed by atoms with Gasteiger partial charge in [-0.3, -0.25) is 4.79 Å². The molecule has 0 saturated heterocycles. The Morgan fingerprint density at radius 2 is 2.10 bits per heavy atom. The van der Waals surface area contributed by atoms with E-state index in [-0.39, 0.29) is 23.5 Å². The van der Waals surface area contributed by atoms with Crippen LogP contribution >= 0.6 is 0 Å². The molecule has 3 rings (SSSR count). The minimum Gasteiger partial charge on any atom is -0.491 e. The first kappa shape index (κ1) is 12.4. The fourth-order valence-corrected chi connectivity index (χ4v) is 2.20. The SMILES string of the molecule is Nc1nccnc1C(=O)NC1COc2ccccc2C1. The number of hydrogen-bond donors (Lipinski definition) is 2. The van der Waals surface area contributed by atoms with Crippen molar-refractivity contribution in [1.29, 1.82) is 0 Å². The second-order valence-electron chi connectivity index (χ2n) is 4.58. The summed E-state index contributed by atoms with van der Waals surface area (Å²) < 4.78 is 5.62. The summed E-state index contributed by atoms with van der Waals surface area (Å²) in [6.45, 7) is 0.433. The van der Waals surface area contributed by atoms with Gasteiger partial charge in [-0.1, -0.05) is 18.2 Å². The monoisotopic (exact) mass is 270 g/mol. The molecular weight excluding hydrogens is 256 g/mol. The number of anilines is 1. The van der Waals surface area contributed by atoms with Gasteiger partial charge in [-0.05, 0) is 18.1 Å². The molecule has 1 aromatic heterocycles. The van der Waals surface area contributed by atoms with Gasteiger partial charge in [0.1, 0.15) is 12.4 Å². The maximum absolute atomic E-state index is 12.1. The Balaban J connectivity index is 1.71. The molecule has 1 unspecified atom stereocenters. The van der Waals surface area contributed by atoms with Crippen LogP contribution in [0.2, 0.25) is 0 Å². The van der Waals surface area contributed by atoms with Crippen molar-refractivity contribution in [3.63, 3.8) is 0 Å². The van der Waals surface area contributed by atoms with Gasteiger partial charge in [0.05, 0.1) is 6.04 Å². The fraction of sp³-hybridized carbons (Fsp3) is 0.214. The highest BCUT2D eigenvalue weighted by Crippen LogP contribution is 2.24. The summed E-state index contributed by atoms with van der Waals surface area (Å²) in [5, 5.41) is 2.87. The molecule has 0 fully saturated rings. The maximum atomic E-state index is 12.1. The first-order chi connectivity index (χ1) is 9.74. The first-order valence-electron chi connectivity index (χ1n) is 6.32. The fourth-order valence-electron chi connectivity index (χ4n) is 2.20. The zero-order valence-electron chi connectivity index (χ0n) is 10.7. The number of amides is 1. The number of nitrogen functional groups attached to an aromatic ring is 1. The lowest BCUT2D eigenvalue weighted by Gasteiger charge is -2.25. The van der Waals surface area contributed by atoms with Crippen LogP contribution in [0, 0.1) is 0 Å². The minimum absolute atomic E-state index is 0.0983. The number of nitrogens with two attached hydrogens (primary N) is 1. The van der Waals surface area contributed by atoms with E-state index in [2.05, 4.69) is 15.3 Å². The van der Waals surface area contributed by atoms with Gasteiger partial charge in [0.15, 0.2) is 11.5 Å². The van der Waals surface area contributed by atoms with Crippen LogP contribution in [0.1, 0.15) is 16.1 Å². The highest BCUT2D eigenvalue weighted by Gasteiger charge is 2.23. The van der Waals surface area contributed by atoms with Gasteiger partial charge in [0.2, 0.25) is 0 Å². The van der Waals surface area contributed by atoms with Crippen molar-refractivity contribution in [2.45, 2.75) is 12.5 Å². The molecular formula is C14H14N4O2. The lowest BCUT2D eigenvalue weighted by Crippen LogP contribution is -2.43. The van der Waals surface area contributed by atoms with E-state index >= 15 is 0 Å². The van der Waals surface area contributed by atoms with E-state index in [4.69, 9.17) is 10.5 Å². The first-order valence-corrected chi connectivity index (χ1v) is 6.32. The molecule has 3 N–H and O–H groups in total. The van der Waals surface area contributed by atoms with Crippen molar-refractivity contribution in [3.05, 3.63) is 47.9 Å². The highest BCUT2D eigenvalue weighted by atomic mass is 16.5. The topological polar surface area (TPSA) is 90.1 Å². The molecule has 0 saturated carbocycles. The van der Waals surface area contributed by atoms with Crippen LogP contribution in [0.15, 0.2) is 36.7 Å². The van der Waals surface area contributed by atoms with Crippen LogP contribution in [0.3, 0.4) is 0 Å². The summed E-state index contributed by atoms with van der Waals surface area (Å²) in [4.78, 5) is 19.9. The van der Waals surface area contributed by atoms with E-state index in [0.29, 0.717) is 6.61 Å². The highest BCUT2D eigenvalue weighted by molar-refractivity contribution is 5.96. The Morgan fingerprint density at radius 3 is 2.95 bits per heavy atom. The van der Waals surface area contributed by atoms with E-state index in [1.54, 1.807) is 0 Å². The number of carbonyl (C=O) groups excluding carboxylic acids is 1. The van der Waals surface area contributed by atoms with E-state index < -0.39 is 0 Å².